The SMILES string of the molecule is Cc1ccc(CN2C(=O)S/C(=C\c3ccc(OC(=O)c4ccc(Br)cc4)cc3)C2=O)cc1. The van der Waals surface area contributed by atoms with Crippen LogP contribution in [0.2, 0.25) is 0 Å². The number of thioether (sulfide) groups is 1. The summed E-state index contributed by atoms with van der Waals surface area (Å²) in [6.07, 6.45) is 1.67. The first-order valence-electron chi connectivity index (χ1n) is 9.78. The molecule has 1 aliphatic rings. The standard InChI is InChI=1S/C25H18BrNO4S/c1-16-2-4-18(5-3-16)15-27-23(28)22(32-25(27)30)14-17-6-12-21(13-7-17)31-24(29)19-8-10-20(26)11-9-19/h2-14H,15H2,1H3/b22-14-. The first kappa shape index (κ1) is 22.0. The number of aryl methyl sites for hydroxylation is 1. The number of ether oxygens (including phenoxy) is 1. The molecule has 1 heterocycles. The number of hydrogen-bond acceptors (Lipinski definition) is 5. The van der Waals surface area contributed by atoms with Gasteiger partial charge in [0.25, 0.3) is 11.1 Å². The summed E-state index contributed by atoms with van der Waals surface area (Å²) in [4.78, 5) is 38.9. The van der Waals surface area contributed by atoms with Crippen LogP contribution in [0.15, 0.2) is 82.2 Å². The molecule has 0 saturated carbocycles. The molecule has 0 spiro atoms. The van der Waals surface area contributed by atoms with Gasteiger partial charge >= 0.3 is 5.97 Å². The van der Waals surface area contributed by atoms with Crippen LogP contribution in [0.4, 0.5) is 4.79 Å². The zero-order valence-electron chi connectivity index (χ0n) is 17.1. The molecule has 160 valence electrons. The molecule has 0 bridgehead atoms. The predicted octanol–water partition coefficient (Wildman–Crippen LogP) is 6.21. The molecule has 0 atom stereocenters. The zero-order chi connectivity index (χ0) is 22.7. The molecule has 0 aliphatic carbocycles. The summed E-state index contributed by atoms with van der Waals surface area (Å²) in [5, 5.41) is -0.290. The van der Waals surface area contributed by atoms with E-state index in [2.05, 4.69) is 15.9 Å². The Bertz CT molecular complexity index is 1200. The Hall–Kier alpha value is -3.16. The summed E-state index contributed by atoms with van der Waals surface area (Å²) < 4.78 is 6.26. The fourth-order valence-electron chi connectivity index (χ4n) is 3.05. The third-order valence-electron chi connectivity index (χ3n) is 4.80. The quantitative estimate of drug-likeness (QED) is 0.233. The lowest BCUT2D eigenvalue weighted by atomic mass is 10.1. The monoisotopic (exact) mass is 507 g/mol. The Morgan fingerprint density at radius 2 is 1.62 bits per heavy atom. The molecule has 0 unspecified atom stereocenters. The van der Waals surface area contributed by atoms with Crippen LogP contribution >= 0.6 is 27.7 Å². The lowest BCUT2D eigenvalue weighted by molar-refractivity contribution is -0.123. The van der Waals surface area contributed by atoms with Crippen molar-refractivity contribution in [3.05, 3.63) is 104 Å². The highest BCUT2D eigenvalue weighted by Crippen LogP contribution is 2.33. The average Bonchev–Trinajstić information content (AvgIpc) is 3.04. The molecule has 7 heteroatoms. The lowest BCUT2D eigenvalue weighted by Crippen LogP contribution is -2.27. The van der Waals surface area contributed by atoms with Crippen LogP contribution in [0.5, 0.6) is 5.75 Å². The van der Waals surface area contributed by atoms with Crippen molar-refractivity contribution in [2.75, 3.05) is 0 Å². The number of benzene rings is 3. The van der Waals surface area contributed by atoms with Gasteiger partial charge in [0.1, 0.15) is 5.75 Å². The van der Waals surface area contributed by atoms with Gasteiger partial charge < -0.3 is 4.74 Å². The molecule has 4 rings (SSSR count). The second-order valence-corrected chi connectivity index (χ2v) is 9.13. The Balaban J connectivity index is 1.42. The zero-order valence-corrected chi connectivity index (χ0v) is 19.5. The van der Waals surface area contributed by atoms with Crippen molar-refractivity contribution in [3.63, 3.8) is 0 Å². The van der Waals surface area contributed by atoms with Gasteiger partial charge in [-0.3, -0.25) is 14.5 Å². The number of imide groups is 1. The molecule has 3 aromatic rings. The topological polar surface area (TPSA) is 63.7 Å². The van der Waals surface area contributed by atoms with Crippen molar-refractivity contribution in [3.8, 4) is 5.75 Å². The van der Waals surface area contributed by atoms with Crippen molar-refractivity contribution >= 4 is 50.9 Å². The van der Waals surface area contributed by atoms with Crippen LogP contribution in [-0.4, -0.2) is 22.0 Å². The van der Waals surface area contributed by atoms with E-state index in [0.29, 0.717) is 16.2 Å². The second-order valence-electron chi connectivity index (χ2n) is 7.22. The van der Waals surface area contributed by atoms with E-state index < -0.39 is 5.97 Å². The Morgan fingerprint density at radius 3 is 2.28 bits per heavy atom. The van der Waals surface area contributed by atoms with E-state index in [1.165, 1.54) is 4.90 Å². The predicted molar refractivity (Wildman–Crippen MR) is 128 cm³/mol. The summed E-state index contributed by atoms with van der Waals surface area (Å²) >= 11 is 4.25. The van der Waals surface area contributed by atoms with Crippen molar-refractivity contribution in [1.29, 1.82) is 0 Å². The fraction of sp³-hybridized carbons (Fsp3) is 0.0800. The molecular weight excluding hydrogens is 490 g/mol. The maximum absolute atomic E-state index is 12.7. The van der Waals surface area contributed by atoms with Gasteiger partial charge in [-0.05, 0) is 72.3 Å². The highest BCUT2D eigenvalue weighted by molar-refractivity contribution is 9.10. The molecule has 2 amide bonds. The maximum atomic E-state index is 12.7. The van der Waals surface area contributed by atoms with Gasteiger partial charge in [0.05, 0.1) is 17.0 Å². The third-order valence-corrected chi connectivity index (χ3v) is 6.24. The molecule has 1 aliphatic heterocycles. The van der Waals surface area contributed by atoms with Crippen LogP contribution in [0.1, 0.15) is 27.0 Å². The van der Waals surface area contributed by atoms with Gasteiger partial charge in [-0.2, -0.15) is 0 Å². The highest BCUT2D eigenvalue weighted by atomic mass is 79.9. The maximum Gasteiger partial charge on any atom is 0.343 e. The van der Waals surface area contributed by atoms with E-state index in [0.717, 1.165) is 32.9 Å². The molecular formula is C25H18BrNO4S. The van der Waals surface area contributed by atoms with E-state index in [9.17, 15) is 14.4 Å². The van der Waals surface area contributed by atoms with Crippen LogP contribution in [-0.2, 0) is 11.3 Å². The minimum Gasteiger partial charge on any atom is -0.423 e. The van der Waals surface area contributed by atoms with E-state index in [4.69, 9.17) is 4.74 Å². The highest BCUT2D eigenvalue weighted by Gasteiger charge is 2.34. The Kier molecular flexibility index (Phi) is 6.58. The van der Waals surface area contributed by atoms with Crippen molar-refractivity contribution < 1.29 is 19.1 Å². The first-order chi connectivity index (χ1) is 15.4. The van der Waals surface area contributed by atoms with Gasteiger partial charge in [-0.25, -0.2) is 4.79 Å². The Morgan fingerprint density at radius 1 is 0.969 bits per heavy atom. The van der Waals surface area contributed by atoms with Crippen LogP contribution in [0, 0.1) is 6.92 Å². The molecule has 1 fully saturated rings. The number of nitrogens with zero attached hydrogens (tertiary/aromatic N) is 1. The number of esters is 1. The van der Waals surface area contributed by atoms with Crippen molar-refractivity contribution in [2.24, 2.45) is 0 Å². The number of carbonyl (C=O) groups excluding carboxylic acids is 3. The van der Waals surface area contributed by atoms with E-state index in [-0.39, 0.29) is 17.7 Å². The van der Waals surface area contributed by atoms with Crippen LogP contribution < -0.4 is 4.74 Å². The minimum absolute atomic E-state index is 0.243. The van der Waals surface area contributed by atoms with Crippen LogP contribution in [0.25, 0.3) is 6.08 Å². The molecule has 32 heavy (non-hydrogen) atoms. The van der Waals surface area contributed by atoms with Gasteiger partial charge in [0.15, 0.2) is 0 Å². The normalized spacial score (nSPS) is 14.8. The number of amides is 2. The molecule has 0 aromatic heterocycles. The Labute approximate surface area is 198 Å². The van der Waals surface area contributed by atoms with Crippen molar-refractivity contribution in [2.45, 2.75) is 13.5 Å². The number of halogens is 1. The fourth-order valence-corrected chi connectivity index (χ4v) is 4.15. The van der Waals surface area contributed by atoms with Gasteiger partial charge in [-0.1, -0.05) is 57.9 Å². The number of hydrogen-bond donors (Lipinski definition) is 0. The summed E-state index contributed by atoms with van der Waals surface area (Å²) in [7, 11) is 0. The van der Waals surface area contributed by atoms with Gasteiger partial charge in [0, 0.05) is 4.47 Å². The molecule has 3 aromatic carbocycles. The van der Waals surface area contributed by atoms with E-state index >= 15 is 0 Å². The molecule has 0 N–H and O–H groups in total. The number of rotatable bonds is 5. The van der Waals surface area contributed by atoms with Crippen molar-refractivity contribution in [1.82, 2.24) is 4.90 Å². The van der Waals surface area contributed by atoms with Gasteiger partial charge in [0.2, 0.25) is 0 Å². The van der Waals surface area contributed by atoms with Crippen LogP contribution in [0.3, 0.4) is 0 Å². The summed E-state index contributed by atoms with van der Waals surface area (Å²) in [5.74, 6) is -0.378. The first-order valence-corrected chi connectivity index (χ1v) is 11.4. The summed E-state index contributed by atoms with van der Waals surface area (Å²) in [6, 6.07) is 21.4. The molecule has 1 saturated heterocycles. The van der Waals surface area contributed by atoms with Gasteiger partial charge in [-0.15, -0.1) is 0 Å². The molecule has 0 radical (unpaired) electrons. The third kappa shape index (κ3) is 5.18. The summed E-state index contributed by atoms with van der Waals surface area (Å²) in [5.41, 5.74) is 3.19. The minimum atomic E-state index is -0.456. The largest absolute Gasteiger partial charge is 0.423 e. The smallest absolute Gasteiger partial charge is 0.343 e. The number of carbonyl (C=O) groups is 3. The summed E-state index contributed by atoms with van der Waals surface area (Å²) in [6.45, 7) is 2.23. The van der Waals surface area contributed by atoms with E-state index in [1.807, 2.05) is 31.2 Å². The average molecular weight is 508 g/mol. The second kappa shape index (κ2) is 9.54. The van der Waals surface area contributed by atoms with E-state index in [1.54, 1.807) is 54.6 Å². The molecule has 5 nitrogen and oxygen atoms in total. The lowest BCUT2D eigenvalue weighted by Gasteiger charge is -2.12.